The van der Waals surface area contributed by atoms with Crippen LogP contribution in [-0.4, -0.2) is 49.3 Å². The van der Waals surface area contributed by atoms with Gasteiger partial charge in [0.05, 0.1) is 11.3 Å². The lowest BCUT2D eigenvalue weighted by molar-refractivity contribution is -0.137. The quantitative estimate of drug-likeness (QED) is 0.467. The van der Waals surface area contributed by atoms with E-state index in [9.17, 15) is 21.6 Å². The standard InChI is InChI=1S/C20H20F3N7O2S/c1-3-33(31,32)19-15(17-24-8-7-14(30(17)28-19)26-12-5-4-6-12)18-27-13-9-11(20(21,22)23)10-25-16(13)29(18)2/h7-10,12,26H,3-6H2,1-2H3. The van der Waals surface area contributed by atoms with Crippen LogP contribution in [0.5, 0.6) is 0 Å². The van der Waals surface area contributed by atoms with E-state index >= 15 is 0 Å². The summed E-state index contributed by atoms with van der Waals surface area (Å²) in [6.07, 6.45) is 0.785. The predicted molar refractivity (Wildman–Crippen MR) is 114 cm³/mol. The van der Waals surface area contributed by atoms with E-state index in [2.05, 4.69) is 25.4 Å². The molecule has 5 rings (SSSR count). The molecule has 0 aromatic carbocycles. The van der Waals surface area contributed by atoms with Crippen molar-refractivity contribution < 1.29 is 21.6 Å². The molecule has 1 aliphatic carbocycles. The molecule has 0 bridgehead atoms. The van der Waals surface area contributed by atoms with Gasteiger partial charge in [-0.1, -0.05) is 6.92 Å². The second-order valence-corrected chi connectivity index (χ2v) is 10.2. The largest absolute Gasteiger partial charge is 0.417 e. The molecule has 174 valence electrons. The molecular weight excluding hydrogens is 459 g/mol. The van der Waals surface area contributed by atoms with E-state index in [1.807, 2.05) is 0 Å². The Balaban J connectivity index is 1.78. The summed E-state index contributed by atoms with van der Waals surface area (Å²) in [6.45, 7) is 1.50. The van der Waals surface area contributed by atoms with Crippen molar-refractivity contribution in [3.8, 4) is 11.4 Å². The van der Waals surface area contributed by atoms with E-state index in [0.717, 1.165) is 31.5 Å². The Hall–Kier alpha value is -3.22. The van der Waals surface area contributed by atoms with Gasteiger partial charge in [-0.25, -0.2) is 23.4 Å². The van der Waals surface area contributed by atoms with Gasteiger partial charge >= 0.3 is 6.18 Å². The second kappa shape index (κ2) is 7.40. The fourth-order valence-electron chi connectivity index (χ4n) is 3.80. The van der Waals surface area contributed by atoms with Gasteiger partial charge in [-0.3, -0.25) is 0 Å². The Kier molecular flexibility index (Phi) is 4.85. The first-order chi connectivity index (χ1) is 15.6. The Morgan fingerprint density at radius 2 is 1.97 bits per heavy atom. The number of imidazole rings is 1. The monoisotopic (exact) mass is 479 g/mol. The highest BCUT2D eigenvalue weighted by atomic mass is 32.2. The molecule has 13 heteroatoms. The minimum atomic E-state index is -4.58. The van der Waals surface area contributed by atoms with Crippen molar-refractivity contribution in [2.75, 3.05) is 11.1 Å². The number of nitrogens with one attached hydrogen (secondary N) is 1. The number of aromatic nitrogens is 6. The maximum Gasteiger partial charge on any atom is 0.417 e. The van der Waals surface area contributed by atoms with Crippen molar-refractivity contribution >= 4 is 32.5 Å². The summed E-state index contributed by atoms with van der Waals surface area (Å²) >= 11 is 0. The summed E-state index contributed by atoms with van der Waals surface area (Å²) in [5.41, 5.74) is -0.402. The third-order valence-electron chi connectivity index (χ3n) is 5.88. The van der Waals surface area contributed by atoms with Crippen LogP contribution < -0.4 is 5.32 Å². The summed E-state index contributed by atoms with van der Waals surface area (Å²) in [5, 5.41) is 7.48. The number of anilines is 1. The Bertz CT molecular complexity index is 1490. The number of fused-ring (bicyclic) bond motifs is 2. The molecule has 0 radical (unpaired) electrons. The number of pyridine rings is 1. The lowest BCUT2D eigenvalue weighted by Gasteiger charge is -2.27. The van der Waals surface area contributed by atoms with E-state index in [1.165, 1.54) is 22.2 Å². The van der Waals surface area contributed by atoms with Crippen LogP contribution in [0.1, 0.15) is 31.7 Å². The van der Waals surface area contributed by atoms with Gasteiger partial charge in [0.15, 0.2) is 26.2 Å². The molecule has 9 nitrogen and oxygen atoms in total. The molecule has 1 N–H and O–H groups in total. The van der Waals surface area contributed by atoms with Crippen LogP contribution in [0, 0.1) is 0 Å². The number of hydrogen-bond acceptors (Lipinski definition) is 7. The van der Waals surface area contributed by atoms with E-state index in [1.54, 1.807) is 13.1 Å². The Morgan fingerprint density at radius 3 is 2.61 bits per heavy atom. The van der Waals surface area contributed by atoms with Gasteiger partial charge in [-0.15, -0.1) is 0 Å². The number of halogens is 3. The summed E-state index contributed by atoms with van der Waals surface area (Å²) in [7, 11) is -2.25. The van der Waals surface area contributed by atoms with Crippen LogP contribution in [0.15, 0.2) is 29.6 Å². The molecule has 4 heterocycles. The SMILES string of the molecule is CCS(=O)(=O)c1nn2c(NC3CCC3)ccnc2c1-c1nc2cc(C(F)(F)F)cnc2n1C. The van der Waals surface area contributed by atoms with E-state index in [-0.39, 0.29) is 45.0 Å². The van der Waals surface area contributed by atoms with Crippen molar-refractivity contribution in [2.45, 2.75) is 43.4 Å². The zero-order chi connectivity index (χ0) is 23.5. The number of hydrogen-bond donors (Lipinski definition) is 1. The highest BCUT2D eigenvalue weighted by Gasteiger charge is 2.33. The number of aryl methyl sites for hydroxylation is 1. The molecule has 0 saturated heterocycles. The molecule has 1 fully saturated rings. The molecule has 0 amide bonds. The van der Waals surface area contributed by atoms with Crippen molar-refractivity contribution in [3.05, 3.63) is 30.1 Å². The fraction of sp³-hybridized carbons (Fsp3) is 0.400. The van der Waals surface area contributed by atoms with Crippen molar-refractivity contribution in [1.82, 2.24) is 29.1 Å². The van der Waals surface area contributed by atoms with Gasteiger partial charge in [0.1, 0.15) is 22.7 Å². The maximum atomic E-state index is 13.2. The van der Waals surface area contributed by atoms with Crippen LogP contribution in [0.25, 0.3) is 28.2 Å². The highest BCUT2D eigenvalue weighted by Crippen LogP contribution is 2.35. The Labute approximate surface area is 186 Å². The van der Waals surface area contributed by atoms with Crippen molar-refractivity contribution in [3.63, 3.8) is 0 Å². The van der Waals surface area contributed by atoms with Crippen molar-refractivity contribution in [2.24, 2.45) is 7.05 Å². The van der Waals surface area contributed by atoms with E-state index in [4.69, 9.17) is 0 Å². The van der Waals surface area contributed by atoms with Gasteiger partial charge < -0.3 is 9.88 Å². The van der Waals surface area contributed by atoms with Crippen molar-refractivity contribution in [1.29, 1.82) is 0 Å². The van der Waals surface area contributed by atoms with Crippen LogP contribution in [-0.2, 0) is 23.1 Å². The lowest BCUT2D eigenvalue weighted by Crippen LogP contribution is -2.28. The van der Waals surface area contributed by atoms with E-state index < -0.39 is 21.6 Å². The van der Waals surface area contributed by atoms with Gasteiger partial charge in [-0.05, 0) is 31.4 Å². The average Bonchev–Trinajstić information content (AvgIpc) is 3.28. The molecule has 1 aliphatic rings. The van der Waals surface area contributed by atoms with E-state index in [0.29, 0.717) is 5.82 Å². The van der Waals surface area contributed by atoms with Crippen LogP contribution in [0.3, 0.4) is 0 Å². The normalized spacial score (nSPS) is 15.3. The zero-order valence-corrected chi connectivity index (χ0v) is 18.6. The highest BCUT2D eigenvalue weighted by molar-refractivity contribution is 7.91. The summed E-state index contributed by atoms with van der Waals surface area (Å²) < 4.78 is 68.3. The molecule has 4 aromatic rings. The molecular formula is C20H20F3N7O2S. The minimum absolute atomic E-state index is 0.00901. The summed E-state index contributed by atoms with van der Waals surface area (Å²) in [5.74, 6) is 0.488. The first-order valence-corrected chi connectivity index (χ1v) is 12.0. The summed E-state index contributed by atoms with van der Waals surface area (Å²) in [4.78, 5) is 12.6. The molecule has 4 aromatic heterocycles. The number of sulfone groups is 1. The van der Waals surface area contributed by atoms with Gasteiger partial charge in [0.25, 0.3) is 0 Å². The third kappa shape index (κ3) is 3.50. The summed E-state index contributed by atoms with van der Waals surface area (Å²) in [6, 6.07) is 2.86. The predicted octanol–water partition coefficient (Wildman–Crippen LogP) is 3.45. The third-order valence-corrected chi connectivity index (χ3v) is 7.51. The lowest BCUT2D eigenvalue weighted by atomic mass is 9.93. The van der Waals surface area contributed by atoms with Crippen LogP contribution in [0.2, 0.25) is 0 Å². The minimum Gasteiger partial charge on any atom is -0.367 e. The maximum absolute atomic E-state index is 13.2. The Morgan fingerprint density at radius 1 is 1.21 bits per heavy atom. The van der Waals surface area contributed by atoms with Gasteiger partial charge in [0.2, 0.25) is 0 Å². The average molecular weight is 479 g/mol. The molecule has 33 heavy (non-hydrogen) atoms. The molecule has 0 spiro atoms. The topological polar surface area (TPSA) is 107 Å². The number of alkyl halides is 3. The van der Waals surface area contributed by atoms with Gasteiger partial charge in [0, 0.05) is 25.5 Å². The molecule has 0 aliphatic heterocycles. The number of nitrogens with zero attached hydrogens (tertiary/aromatic N) is 6. The fourth-order valence-corrected chi connectivity index (χ4v) is 4.77. The van der Waals surface area contributed by atoms with Gasteiger partial charge in [-0.2, -0.15) is 22.8 Å². The second-order valence-electron chi connectivity index (χ2n) is 7.98. The molecule has 1 saturated carbocycles. The first kappa shape index (κ1) is 21.6. The molecule has 0 atom stereocenters. The smallest absolute Gasteiger partial charge is 0.367 e. The zero-order valence-electron chi connectivity index (χ0n) is 17.8. The first-order valence-electron chi connectivity index (χ1n) is 10.4. The molecule has 0 unspecified atom stereocenters. The number of rotatable bonds is 5. The van der Waals surface area contributed by atoms with Crippen LogP contribution >= 0.6 is 0 Å². The van der Waals surface area contributed by atoms with Crippen LogP contribution in [0.4, 0.5) is 19.0 Å².